The van der Waals surface area contributed by atoms with Crippen LogP contribution in [-0.2, 0) is 6.42 Å². The first-order valence-electron chi connectivity index (χ1n) is 5.88. The second-order valence-corrected chi connectivity index (χ2v) is 4.41. The molecule has 0 fully saturated rings. The lowest BCUT2D eigenvalue weighted by atomic mass is 10.1. The molecule has 3 heteroatoms. The molecule has 0 aliphatic carbocycles. The highest BCUT2D eigenvalue weighted by atomic mass is 16.3. The quantitative estimate of drug-likeness (QED) is 0.875. The molecule has 0 aliphatic rings. The number of hydrogen-bond donors (Lipinski definition) is 1. The average molecular weight is 230 g/mol. The van der Waals surface area contributed by atoms with Crippen LogP contribution in [0, 0.1) is 13.8 Å². The number of hydrogen-bond acceptors (Lipinski definition) is 3. The van der Waals surface area contributed by atoms with E-state index in [1.165, 1.54) is 0 Å². The number of rotatable bonds is 4. The van der Waals surface area contributed by atoms with E-state index in [1.807, 2.05) is 32.0 Å². The molecule has 2 heterocycles. The summed E-state index contributed by atoms with van der Waals surface area (Å²) in [5.74, 6) is 1.00. The fourth-order valence-electron chi connectivity index (χ4n) is 1.89. The first-order valence-corrected chi connectivity index (χ1v) is 5.88. The van der Waals surface area contributed by atoms with Gasteiger partial charge in [0.05, 0.1) is 17.6 Å². The van der Waals surface area contributed by atoms with Gasteiger partial charge in [0.15, 0.2) is 0 Å². The maximum absolute atomic E-state index is 5.34. The van der Waals surface area contributed by atoms with Crippen LogP contribution in [0.5, 0.6) is 0 Å². The SMILES string of the molecule is Cc1ccc(NC(C)Cc2ccco2)c(C)n1. The predicted molar refractivity (Wildman–Crippen MR) is 69.2 cm³/mol. The molecule has 0 saturated heterocycles. The van der Waals surface area contributed by atoms with E-state index >= 15 is 0 Å². The minimum atomic E-state index is 0.323. The van der Waals surface area contributed by atoms with Crippen LogP contribution in [0.3, 0.4) is 0 Å². The molecule has 0 spiro atoms. The van der Waals surface area contributed by atoms with Crippen molar-refractivity contribution in [2.24, 2.45) is 0 Å². The van der Waals surface area contributed by atoms with Gasteiger partial charge in [0, 0.05) is 18.2 Å². The molecule has 1 N–H and O–H groups in total. The Hall–Kier alpha value is -1.77. The Kier molecular flexibility index (Phi) is 3.47. The van der Waals surface area contributed by atoms with Gasteiger partial charge in [0.25, 0.3) is 0 Å². The van der Waals surface area contributed by atoms with E-state index in [2.05, 4.69) is 23.3 Å². The van der Waals surface area contributed by atoms with Crippen LogP contribution in [0.25, 0.3) is 0 Å². The molecule has 1 atom stereocenters. The molecule has 0 saturated carbocycles. The zero-order valence-electron chi connectivity index (χ0n) is 10.5. The molecule has 0 bridgehead atoms. The summed E-state index contributed by atoms with van der Waals surface area (Å²) in [5, 5.41) is 3.45. The summed E-state index contributed by atoms with van der Waals surface area (Å²) in [7, 11) is 0. The van der Waals surface area contributed by atoms with Crippen LogP contribution in [0.15, 0.2) is 34.9 Å². The van der Waals surface area contributed by atoms with Crippen molar-refractivity contribution in [3.63, 3.8) is 0 Å². The Bertz CT molecular complexity index is 477. The van der Waals surface area contributed by atoms with Gasteiger partial charge in [-0.05, 0) is 45.0 Å². The fraction of sp³-hybridized carbons (Fsp3) is 0.357. The molecule has 90 valence electrons. The lowest BCUT2D eigenvalue weighted by Crippen LogP contribution is -2.18. The first kappa shape index (κ1) is 11.7. The van der Waals surface area contributed by atoms with Gasteiger partial charge in [0.1, 0.15) is 5.76 Å². The largest absolute Gasteiger partial charge is 0.469 e. The Morgan fingerprint density at radius 3 is 2.76 bits per heavy atom. The van der Waals surface area contributed by atoms with Gasteiger partial charge in [-0.25, -0.2) is 0 Å². The highest BCUT2D eigenvalue weighted by Crippen LogP contribution is 2.15. The van der Waals surface area contributed by atoms with Crippen molar-refractivity contribution < 1.29 is 4.42 Å². The van der Waals surface area contributed by atoms with E-state index < -0.39 is 0 Å². The minimum Gasteiger partial charge on any atom is -0.469 e. The van der Waals surface area contributed by atoms with Crippen LogP contribution >= 0.6 is 0 Å². The monoisotopic (exact) mass is 230 g/mol. The topological polar surface area (TPSA) is 38.1 Å². The highest BCUT2D eigenvalue weighted by molar-refractivity contribution is 5.48. The van der Waals surface area contributed by atoms with Crippen molar-refractivity contribution in [2.45, 2.75) is 33.2 Å². The normalized spacial score (nSPS) is 12.4. The van der Waals surface area contributed by atoms with E-state index in [1.54, 1.807) is 6.26 Å². The maximum Gasteiger partial charge on any atom is 0.105 e. The molecule has 17 heavy (non-hydrogen) atoms. The number of furan rings is 1. The Morgan fingerprint density at radius 1 is 1.29 bits per heavy atom. The number of pyridine rings is 1. The lowest BCUT2D eigenvalue weighted by molar-refractivity contribution is 0.497. The molecule has 2 rings (SSSR count). The Balaban J connectivity index is 2.00. The van der Waals surface area contributed by atoms with Crippen LogP contribution in [0.1, 0.15) is 24.1 Å². The van der Waals surface area contributed by atoms with Crippen LogP contribution in [-0.4, -0.2) is 11.0 Å². The second kappa shape index (κ2) is 5.04. The predicted octanol–water partition coefficient (Wildman–Crippen LogP) is 3.33. The zero-order valence-corrected chi connectivity index (χ0v) is 10.5. The van der Waals surface area contributed by atoms with E-state index in [-0.39, 0.29) is 0 Å². The number of aromatic nitrogens is 1. The number of anilines is 1. The van der Waals surface area contributed by atoms with Gasteiger partial charge in [0.2, 0.25) is 0 Å². The summed E-state index contributed by atoms with van der Waals surface area (Å²) in [5.41, 5.74) is 3.18. The Labute approximate surface area is 102 Å². The third-order valence-corrected chi connectivity index (χ3v) is 2.71. The molecule has 0 radical (unpaired) electrons. The third kappa shape index (κ3) is 3.09. The van der Waals surface area contributed by atoms with Crippen molar-refractivity contribution in [2.75, 3.05) is 5.32 Å². The third-order valence-electron chi connectivity index (χ3n) is 2.71. The highest BCUT2D eigenvalue weighted by Gasteiger charge is 2.07. The molecule has 0 aromatic carbocycles. The number of nitrogens with one attached hydrogen (secondary N) is 1. The first-order chi connectivity index (χ1) is 8.15. The van der Waals surface area contributed by atoms with Crippen molar-refractivity contribution in [3.05, 3.63) is 47.7 Å². The molecule has 0 amide bonds. The zero-order chi connectivity index (χ0) is 12.3. The summed E-state index contributed by atoms with van der Waals surface area (Å²) >= 11 is 0. The molecule has 1 unspecified atom stereocenters. The van der Waals surface area contributed by atoms with E-state index in [0.717, 1.165) is 29.3 Å². The summed E-state index contributed by atoms with van der Waals surface area (Å²) in [6, 6.07) is 8.34. The summed E-state index contributed by atoms with van der Waals surface area (Å²) in [6.07, 6.45) is 2.58. The van der Waals surface area contributed by atoms with Crippen LogP contribution in [0.4, 0.5) is 5.69 Å². The van der Waals surface area contributed by atoms with Crippen molar-refractivity contribution >= 4 is 5.69 Å². The average Bonchev–Trinajstić information content (AvgIpc) is 2.75. The molecule has 2 aromatic rings. The van der Waals surface area contributed by atoms with Crippen molar-refractivity contribution in [3.8, 4) is 0 Å². The van der Waals surface area contributed by atoms with E-state index in [4.69, 9.17) is 4.42 Å². The van der Waals surface area contributed by atoms with Crippen LogP contribution in [0.2, 0.25) is 0 Å². The molecule has 2 aromatic heterocycles. The van der Waals surface area contributed by atoms with Gasteiger partial charge >= 0.3 is 0 Å². The summed E-state index contributed by atoms with van der Waals surface area (Å²) in [6.45, 7) is 6.17. The van der Waals surface area contributed by atoms with Gasteiger partial charge in [-0.2, -0.15) is 0 Å². The second-order valence-electron chi connectivity index (χ2n) is 4.41. The molecule has 3 nitrogen and oxygen atoms in total. The smallest absolute Gasteiger partial charge is 0.105 e. The van der Waals surface area contributed by atoms with E-state index in [9.17, 15) is 0 Å². The fourth-order valence-corrected chi connectivity index (χ4v) is 1.89. The van der Waals surface area contributed by atoms with Crippen LogP contribution < -0.4 is 5.32 Å². The van der Waals surface area contributed by atoms with Crippen molar-refractivity contribution in [1.29, 1.82) is 0 Å². The van der Waals surface area contributed by atoms with Gasteiger partial charge < -0.3 is 9.73 Å². The summed E-state index contributed by atoms with van der Waals surface area (Å²) < 4.78 is 5.34. The minimum absolute atomic E-state index is 0.323. The molecule has 0 aliphatic heterocycles. The standard InChI is InChI=1S/C14H18N2O/c1-10-6-7-14(12(3)15-10)16-11(2)9-13-5-4-8-17-13/h4-8,11,16H,9H2,1-3H3. The molecular weight excluding hydrogens is 212 g/mol. The number of aryl methyl sites for hydroxylation is 2. The maximum atomic E-state index is 5.34. The van der Waals surface area contributed by atoms with Gasteiger partial charge in [-0.1, -0.05) is 0 Å². The Morgan fingerprint density at radius 2 is 2.12 bits per heavy atom. The van der Waals surface area contributed by atoms with Gasteiger partial charge in [-0.15, -0.1) is 0 Å². The lowest BCUT2D eigenvalue weighted by Gasteiger charge is -2.15. The summed E-state index contributed by atoms with van der Waals surface area (Å²) in [4.78, 5) is 4.44. The van der Waals surface area contributed by atoms with Crippen molar-refractivity contribution in [1.82, 2.24) is 4.98 Å². The molecular formula is C14H18N2O. The van der Waals surface area contributed by atoms with E-state index in [0.29, 0.717) is 6.04 Å². The number of nitrogens with zero attached hydrogens (tertiary/aromatic N) is 1. The van der Waals surface area contributed by atoms with Gasteiger partial charge in [-0.3, -0.25) is 4.98 Å².